The van der Waals surface area contributed by atoms with Gasteiger partial charge in [-0.1, -0.05) is 12.5 Å². The summed E-state index contributed by atoms with van der Waals surface area (Å²) in [7, 11) is 3.95. The lowest BCUT2D eigenvalue weighted by molar-refractivity contribution is 0.0944. The third kappa shape index (κ3) is 3.66. The molecule has 4 heteroatoms. The van der Waals surface area contributed by atoms with Crippen LogP contribution in [-0.4, -0.2) is 32.4 Å². The fraction of sp³-hybridized carbons (Fsp3) is 0.562. The minimum atomic E-state index is 0.00826. The molecule has 1 fully saturated rings. The summed E-state index contributed by atoms with van der Waals surface area (Å²) in [6.07, 6.45) is 3.60. The van der Waals surface area contributed by atoms with Gasteiger partial charge in [-0.3, -0.25) is 4.79 Å². The molecule has 1 amide bonds. The summed E-state index contributed by atoms with van der Waals surface area (Å²) in [6.45, 7) is 0.739. The van der Waals surface area contributed by atoms with E-state index >= 15 is 0 Å². The second kappa shape index (κ2) is 6.98. The Morgan fingerprint density at radius 2 is 2.10 bits per heavy atom. The predicted octanol–water partition coefficient (Wildman–Crippen LogP) is 3.14. The minimum absolute atomic E-state index is 0.00826. The average Bonchev–Trinajstić information content (AvgIpc) is 2.92. The van der Waals surface area contributed by atoms with Gasteiger partial charge in [0.1, 0.15) is 0 Å². The summed E-state index contributed by atoms with van der Waals surface area (Å²) in [6, 6.07) is 7.69. The average molecular weight is 295 g/mol. The molecule has 1 N–H and O–H groups in total. The Bertz CT molecular complexity index is 462. The Morgan fingerprint density at radius 1 is 1.35 bits per heavy atom. The number of halogens is 1. The first kappa shape index (κ1) is 15.2. The zero-order chi connectivity index (χ0) is 14.5. The second-order valence-corrected chi connectivity index (χ2v) is 6.07. The molecule has 0 aliphatic heterocycles. The molecule has 2 rings (SSSR count). The second-order valence-electron chi connectivity index (χ2n) is 5.76. The number of alkyl halides is 1. The van der Waals surface area contributed by atoms with E-state index in [-0.39, 0.29) is 5.91 Å². The fourth-order valence-electron chi connectivity index (χ4n) is 2.84. The normalized spacial score (nSPS) is 21.8. The minimum Gasteiger partial charge on any atom is -0.378 e. The van der Waals surface area contributed by atoms with Gasteiger partial charge in [-0.25, -0.2) is 0 Å². The summed E-state index contributed by atoms with van der Waals surface area (Å²) in [5, 5.41) is 3.06. The highest BCUT2D eigenvalue weighted by Gasteiger charge is 2.26. The summed E-state index contributed by atoms with van der Waals surface area (Å²) in [5.41, 5.74) is 1.76. The number of nitrogens with one attached hydrogen (secondary N) is 1. The first-order valence-electron chi connectivity index (χ1n) is 7.23. The van der Waals surface area contributed by atoms with Crippen molar-refractivity contribution in [2.75, 3.05) is 31.4 Å². The van der Waals surface area contributed by atoms with Gasteiger partial charge >= 0.3 is 0 Å². The van der Waals surface area contributed by atoms with Crippen molar-refractivity contribution in [3.05, 3.63) is 29.8 Å². The molecule has 0 radical (unpaired) electrons. The molecule has 1 aliphatic carbocycles. The number of amides is 1. The largest absolute Gasteiger partial charge is 0.378 e. The van der Waals surface area contributed by atoms with Crippen molar-refractivity contribution in [1.82, 2.24) is 5.32 Å². The lowest BCUT2D eigenvalue weighted by Crippen LogP contribution is -2.31. The lowest BCUT2D eigenvalue weighted by atomic mass is 9.98. The maximum Gasteiger partial charge on any atom is 0.251 e. The zero-order valence-corrected chi connectivity index (χ0v) is 13.0. The molecule has 1 aromatic carbocycles. The van der Waals surface area contributed by atoms with Crippen molar-refractivity contribution in [2.24, 2.45) is 11.8 Å². The molecule has 2 unspecified atom stereocenters. The van der Waals surface area contributed by atoms with Gasteiger partial charge in [-0.15, -0.1) is 11.6 Å². The molecule has 3 nitrogen and oxygen atoms in total. The smallest absolute Gasteiger partial charge is 0.251 e. The van der Waals surface area contributed by atoms with Crippen LogP contribution < -0.4 is 10.2 Å². The molecule has 0 spiro atoms. The van der Waals surface area contributed by atoms with Crippen LogP contribution >= 0.6 is 11.6 Å². The Kier molecular flexibility index (Phi) is 5.30. The van der Waals surface area contributed by atoms with E-state index in [2.05, 4.69) is 5.32 Å². The summed E-state index contributed by atoms with van der Waals surface area (Å²) in [5.74, 6) is 1.81. The van der Waals surface area contributed by atoms with Crippen LogP contribution in [0.2, 0.25) is 0 Å². The van der Waals surface area contributed by atoms with Crippen molar-refractivity contribution in [3.63, 3.8) is 0 Å². The molecular formula is C16H23ClN2O. The van der Waals surface area contributed by atoms with Gasteiger partial charge in [-0.05, 0) is 42.9 Å². The monoisotopic (exact) mass is 294 g/mol. The highest BCUT2D eigenvalue weighted by Crippen LogP contribution is 2.32. The third-order valence-electron chi connectivity index (χ3n) is 4.16. The van der Waals surface area contributed by atoms with Crippen LogP contribution in [0.15, 0.2) is 24.3 Å². The molecule has 20 heavy (non-hydrogen) atoms. The maximum atomic E-state index is 12.2. The fourth-order valence-corrected chi connectivity index (χ4v) is 3.24. The van der Waals surface area contributed by atoms with Crippen LogP contribution in [0.1, 0.15) is 29.6 Å². The molecular weight excluding hydrogens is 272 g/mol. The first-order chi connectivity index (χ1) is 9.61. The predicted molar refractivity (Wildman–Crippen MR) is 84.7 cm³/mol. The van der Waals surface area contributed by atoms with E-state index in [1.54, 1.807) is 0 Å². The maximum absolute atomic E-state index is 12.2. The number of carbonyl (C=O) groups excluding carboxylic acids is 1. The molecule has 110 valence electrons. The van der Waals surface area contributed by atoms with E-state index in [1.165, 1.54) is 19.3 Å². The van der Waals surface area contributed by atoms with Crippen LogP contribution in [0.4, 0.5) is 5.69 Å². The number of nitrogens with zero attached hydrogens (tertiary/aromatic N) is 1. The molecule has 1 saturated carbocycles. The van der Waals surface area contributed by atoms with Crippen molar-refractivity contribution in [1.29, 1.82) is 0 Å². The highest BCUT2D eigenvalue weighted by molar-refractivity contribution is 6.18. The van der Waals surface area contributed by atoms with Crippen LogP contribution in [-0.2, 0) is 0 Å². The van der Waals surface area contributed by atoms with Crippen molar-refractivity contribution >= 4 is 23.2 Å². The van der Waals surface area contributed by atoms with Crippen LogP contribution in [0.25, 0.3) is 0 Å². The van der Waals surface area contributed by atoms with Crippen molar-refractivity contribution in [2.45, 2.75) is 19.3 Å². The summed E-state index contributed by atoms with van der Waals surface area (Å²) < 4.78 is 0. The number of hydrogen-bond acceptors (Lipinski definition) is 2. The zero-order valence-electron chi connectivity index (χ0n) is 12.2. The van der Waals surface area contributed by atoms with Crippen LogP contribution in [0.5, 0.6) is 0 Å². The van der Waals surface area contributed by atoms with Gasteiger partial charge in [0.05, 0.1) is 0 Å². The number of anilines is 1. The quantitative estimate of drug-likeness (QED) is 0.846. The van der Waals surface area contributed by atoms with Crippen molar-refractivity contribution in [3.8, 4) is 0 Å². The van der Waals surface area contributed by atoms with E-state index in [0.29, 0.717) is 17.7 Å². The van der Waals surface area contributed by atoms with E-state index in [0.717, 1.165) is 17.8 Å². The number of rotatable bonds is 5. The number of hydrogen-bond donors (Lipinski definition) is 1. The van der Waals surface area contributed by atoms with Gasteiger partial charge < -0.3 is 10.2 Å². The van der Waals surface area contributed by atoms with Gasteiger partial charge in [0.25, 0.3) is 5.91 Å². The van der Waals surface area contributed by atoms with Crippen LogP contribution in [0.3, 0.4) is 0 Å². The summed E-state index contributed by atoms with van der Waals surface area (Å²) in [4.78, 5) is 14.2. The molecule has 1 aliphatic rings. The van der Waals surface area contributed by atoms with Crippen molar-refractivity contribution < 1.29 is 4.79 Å². The first-order valence-corrected chi connectivity index (χ1v) is 7.77. The Hall–Kier alpha value is -1.22. The molecule has 2 atom stereocenters. The lowest BCUT2D eigenvalue weighted by Gasteiger charge is -2.18. The highest BCUT2D eigenvalue weighted by atomic mass is 35.5. The number of carbonyl (C=O) groups is 1. The van der Waals surface area contributed by atoms with Gasteiger partial charge in [-0.2, -0.15) is 0 Å². The Labute approximate surface area is 126 Å². The van der Waals surface area contributed by atoms with Gasteiger partial charge in [0, 0.05) is 37.8 Å². The molecule has 0 saturated heterocycles. The summed E-state index contributed by atoms with van der Waals surface area (Å²) >= 11 is 5.97. The van der Waals surface area contributed by atoms with Gasteiger partial charge in [0.15, 0.2) is 0 Å². The van der Waals surface area contributed by atoms with Gasteiger partial charge in [0.2, 0.25) is 0 Å². The molecule has 1 aromatic rings. The number of benzene rings is 1. The third-order valence-corrected chi connectivity index (χ3v) is 4.56. The van der Waals surface area contributed by atoms with E-state index < -0.39 is 0 Å². The van der Waals surface area contributed by atoms with E-state index in [1.807, 2.05) is 43.3 Å². The standard InChI is InChI=1S/C16H23ClN2O/c1-19(2)15-8-4-5-12(9-15)16(20)18-11-14-7-3-6-13(14)10-17/h4-5,8-9,13-14H,3,6-7,10-11H2,1-2H3,(H,18,20). The SMILES string of the molecule is CN(C)c1cccc(C(=O)NCC2CCCC2CCl)c1. The molecule has 0 heterocycles. The molecule has 0 bridgehead atoms. The Balaban J connectivity index is 1.93. The van der Waals surface area contributed by atoms with E-state index in [9.17, 15) is 4.79 Å². The topological polar surface area (TPSA) is 32.3 Å². The van der Waals surface area contributed by atoms with Crippen LogP contribution in [0, 0.1) is 11.8 Å². The Morgan fingerprint density at radius 3 is 2.80 bits per heavy atom. The van der Waals surface area contributed by atoms with E-state index in [4.69, 9.17) is 11.6 Å². The molecule has 0 aromatic heterocycles.